The first-order valence-corrected chi connectivity index (χ1v) is 6.01. The average molecular weight is 274 g/mol. The molecule has 0 bridgehead atoms. The number of carbonyl (C=O) groups excluding carboxylic acids is 2. The number of carbonyl (C=O) groups is 2. The molecule has 1 heterocycles. The molecule has 0 unspecified atom stereocenters. The number of rotatable bonds is 4. The van der Waals surface area contributed by atoms with Crippen molar-refractivity contribution in [2.45, 2.75) is 20.5 Å². The van der Waals surface area contributed by atoms with Crippen LogP contribution in [0.25, 0.3) is 0 Å². The van der Waals surface area contributed by atoms with Crippen molar-refractivity contribution in [1.82, 2.24) is 5.16 Å². The van der Waals surface area contributed by atoms with Crippen molar-refractivity contribution in [1.29, 1.82) is 0 Å². The lowest BCUT2D eigenvalue weighted by atomic mass is 10.2. The van der Waals surface area contributed by atoms with Crippen LogP contribution in [0, 0.1) is 6.92 Å². The second kappa shape index (κ2) is 6.01. The number of nitrogens with zero attached hydrogens (tertiary/aromatic N) is 1. The summed E-state index contributed by atoms with van der Waals surface area (Å²) in [5.74, 6) is -0.215. The molecule has 6 nitrogen and oxygen atoms in total. The summed E-state index contributed by atoms with van der Waals surface area (Å²) in [7, 11) is 0. The van der Waals surface area contributed by atoms with E-state index in [1.165, 1.54) is 6.92 Å². The molecule has 0 aliphatic heterocycles. The molecule has 1 aromatic carbocycles. The zero-order chi connectivity index (χ0) is 14.5. The van der Waals surface area contributed by atoms with Gasteiger partial charge in [-0.05, 0) is 25.1 Å². The van der Waals surface area contributed by atoms with Gasteiger partial charge in [0.25, 0.3) is 0 Å². The number of ether oxygens (including phenoxy) is 1. The molecule has 20 heavy (non-hydrogen) atoms. The SMILES string of the molecule is CC(=O)Nc1cccc(C(=O)OCc2cc(C)no2)c1. The van der Waals surface area contributed by atoms with Gasteiger partial charge in [-0.25, -0.2) is 4.79 Å². The molecule has 2 aromatic rings. The topological polar surface area (TPSA) is 81.4 Å². The van der Waals surface area contributed by atoms with Gasteiger partial charge in [-0.3, -0.25) is 4.79 Å². The first-order chi connectivity index (χ1) is 9.54. The van der Waals surface area contributed by atoms with Gasteiger partial charge in [0.05, 0.1) is 11.3 Å². The Morgan fingerprint density at radius 1 is 1.35 bits per heavy atom. The van der Waals surface area contributed by atoms with E-state index in [1.807, 2.05) is 0 Å². The van der Waals surface area contributed by atoms with Gasteiger partial charge in [-0.1, -0.05) is 11.2 Å². The highest BCUT2D eigenvalue weighted by Crippen LogP contribution is 2.13. The molecule has 1 N–H and O–H groups in total. The predicted octanol–water partition coefficient (Wildman–Crippen LogP) is 2.30. The molecular formula is C14H14N2O4. The van der Waals surface area contributed by atoms with Crippen molar-refractivity contribution in [3.63, 3.8) is 0 Å². The smallest absolute Gasteiger partial charge is 0.338 e. The zero-order valence-corrected chi connectivity index (χ0v) is 11.2. The average Bonchev–Trinajstić information content (AvgIpc) is 2.81. The third-order valence-corrected chi connectivity index (χ3v) is 2.44. The van der Waals surface area contributed by atoms with Crippen LogP contribution in [0.2, 0.25) is 0 Å². The van der Waals surface area contributed by atoms with Gasteiger partial charge in [0.15, 0.2) is 12.4 Å². The number of aryl methyl sites for hydroxylation is 1. The molecule has 0 atom stereocenters. The van der Waals surface area contributed by atoms with Crippen LogP contribution in [0.1, 0.15) is 28.7 Å². The van der Waals surface area contributed by atoms with E-state index in [2.05, 4.69) is 10.5 Å². The minimum absolute atomic E-state index is 0.0179. The number of esters is 1. The van der Waals surface area contributed by atoms with Crippen LogP contribution in [-0.2, 0) is 16.1 Å². The summed E-state index contributed by atoms with van der Waals surface area (Å²) >= 11 is 0. The van der Waals surface area contributed by atoms with Crippen LogP contribution in [0.5, 0.6) is 0 Å². The Labute approximate surface area is 115 Å². The van der Waals surface area contributed by atoms with E-state index in [4.69, 9.17) is 9.26 Å². The van der Waals surface area contributed by atoms with E-state index in [1.54, 1.807) is 37.3 Å². The Hall–Kier alpha value is -2.63. The fourth-order valence-corrected chi connectivity index (χ4v) is 1.63. The summed E-state index contributed by atoms with van der Waals surface area (Å²) in [5, 5.41) is 6.30. The summed E-state index contributed by atoms with van der Waals surface area (Å²) in [6, 6.07) is 8.22. The van der Waals surface area contributed by atoms with Crippen LogP contribution in [0.15, 0.2) is 34.9 Å². The van der Waals surface area contributed by atoms with Crippen molar-refractivity contribution in [2.24, 2.45) is 0 Å². The fourth-order valence-electron chi connectivity index (χ4n) is 1.63. The molecule has 0 saturated carbocycles. The highest BCUT2D eigenvalue weighted by atomic mass is 16.5. The lowest BCUT2D eigenvalue weighted by Gasteiger charge is -2.05. The number of hydrogen-bond donors (Lipinski definition) is 1. The highest BCUT2D eigenvalue weighted by Gasteiger charge is 2.10. The molecule has 6 heteroatoms. The van der Waals surface area contributed by atoms with E-state index < -0.39 is 5.97 Å². The third-order valence-electron chi connectivity index (χ3n) is 2.44. The molecule has 0 spiro atoms. The van der Waals surface area contributed by atoms with E-state index in [9.17, 15) is 9.59 Å². The lowest BCUT2D eigenvalue weighted by molar-refractivity contribution is -0.114. The molecule has 0 aliphatic carbocycles. The quantitative estimate of drug-likeness (QED) is 0.865. The number of anilines is 1. The summed E-state index contributed by atoms with van der Waals surface area (Å²) in [4.78, 5) is 22.8. The summed E-state index contributed by atoms with van der Waals surface area (Å²) < 4.78 is 10.0. The van der Waals surface area contributed by atoms with Crippen molar-refractivity contribution in [2.75, 3.05) is 5.32 Å². The fraction of sp³-hybridized carbons (Fsp3) is 0.214. The number of aromatic nitrogens is 1. The molecule has 0 aliphatic rings. The Bertz CT molecular complexity index is 634. The number of nitrogens with one attached hydrogen (secondary N) is 1. The largest absolute Gasteiger partial charge is 0.454 e. The summed E-state index contributed by atoms with van der Waals surface area (Å²) in [6.07, 6.45) is 0. The van der Waals surface area contributed by atoms with Crippen molar-refractivity contribution >= 4 is 17.6 Å². The zero-order valence-electron chi connectivity index (χ0n) is 11.2. The lowest BCUT2D eigenvalue weighted by Crippen LogP contribution is -2.08. The number of hydrogen-bond acceptors (Lipinski definition) is 5. The maximum atomic E-state index is 11.9. The van der Waals surface area contributed by atoms with Crippen molar-refractivity contribution in [3.8, 4) is 0 Å². The molecule has 104 valence electrons. The van der Waals surface area contributed by atoms with Crippen LogP contribution < -0.4 is 5.32 Å². The van der Waals surface area contributed by atoms with Crippen LogP contribution in [0.3, 0.4) is 0 Å². The second-order valence-electron chi connectivity index (χ2n) is 4.27. The first kappa shape index (κ1) is 13.8. The highest BCUT2D eigenvalue weighted by molar-refractivity contribution is 5.93. The van der Waals surface area contributed by atoms with Crippen LogP contribution >= 0.6 is 0 Å². The van der Waals surface area contributed by atoms with Crippen LogP contribution in [-0.4, -0.2) is 17.0 Å². The van der Waals surface area contributed by atoms with Crippen molar-refractivity contribution < 1.29 is 18.8 Å². The molecule has 0 fully saturated rings. The Morgan fingerprint density at radius 3 is 2.80 bits per heavy atom. The Kier molecular flexibility index (Phi) is 4.14. The van der Waals surface area contributed by atoms with E-state index in [0.717, 1.165) is 5.69 Å². The van der Waals surface area contributed by atoms with Gasteiger partial charge in [-0.15, -0.1) is 0 Å². The number of amides is 1. The molecule has 1 amide bonds. The van der Waals surface area contributed by atoms with Gasteiger partial charge >= 0.3 is 5.97 Å². The second-order valence-corrected chi connectivity index (χ2v) is 4.27. The molecule has 0 saturated heterocycles. The maximum absolute atomic E-state index is 11.9. The maximum Gasteiger partial charge on any atom is 0.338 e. The number of benzene rings is 1. The molecule has 1 aromatic heterocycles. The minimum atomic E-state index is -0.494. The van der Waals surface area contributed by atoms with E-state index in [-0.39, 0.29) is 12.5 Å². The van der Waals surface area contributed by atoms with E-state index >= 15 is 0 Å². The van der Waals surface area contributed by atoms with Crippen LogP contribution in [0.4, 0.5) is 5.69 Å². The van der Waals surface area contributed by atoms with Crippen molar-refractivity contribution in [3.05, 3.63) is 47.3 Å². The van der Waals surface area contributed by atoms with Gasteiger partial charge in [0.2, 0.25) is 5.91 Å². The molecular weight excluding hydrogens is 260 g/mol. The van der Waals surface area contributed by atoms with Gasteiger partial charge in [0, 0.05) is 18.7 Å². The van der Waals surface area contributed by atoms with Gasteiger partial charge in [0.1, 0.15) is 0 Å². The predicted molar refractivity (Wildman–Crippen MR) is 71.1 cm³/mol. The van der Waals surface area contributed by atoms with Gasteiger partial charge < -0.3 is 14.6 Å². The molecule has 2 rings (SSSR count). The normalized spacial score (nSPS) is 10.1. The Balaban J connectivity index is 1.99. The Morgan fingerprint density at radius 2 is 2.15 bits per heavy atom. The third kappa shape index (κ3) is 3.68. The standard InChI is InChI=1S/C14H14N2O4/c1-9-6-13(20-16-9)8-19-14(18)11-4-3-5-12(7-11)15-10(2)17/h3-7H,8H2,1-2H3,(H,15,17). The van der Waals surface area contributed by atoms with Gasteiger partial charge in [-0.2, -0.15) is 0 Å². The minimum Gasteiger partial charge on any atom is -0.454 e. The monoisotopic (exact) mass is 274 g/mol. The first-order valence-electron chi connectivity index (χ1n) is 6.01. The molecule has 0 radical (unpaired) electrons. The summed E-state index contributed by atoms with van der Waals surface area (Å²) in [5.41, 5.74) is 1.62. The van der Waals surface area contributed by atoms with E-state index in [0.29, 0.717) is 17.0 Å². The summed E-state index contributed by atoms with van der Waals surface area (Å²) in [6.45, 7) is 3.20.